The predicted molar refractivity (Wildman–Crippen MR) is 125 cm³/mol. The van der Waals surface area contributed by atoms with Crippen LogP contribution in [0.5, 0.6) is 0 Å². The van der Waals surface area contributed by atoms with Gasteiger partial charge in [-0.15, -0.1) is 11.3 Å². The quantitative estimate of drug-likeness (QED) is 0.363. The second-order valence-electron chi connectivity index (χ2n) is 7.88. The van der Waals surface area contributed by atoms with Gasteiger partial charge in [-0.3, -0.25) is 9.20 Å². The van der Waals surface area contributed by atoms with Crippen molar-refractivity contribution in [1.29, 1.82) is 0 Å². The van der Waals surface area contributed by atoms with Crippen molar-refractivity contribution < 1.29 is 14.1 Å². The maximum atomic E-state index is 13.1. The van der Waals surface area contributed by atoms with Crippen LogP contribution in [0, 0.1) is 27.7 Å². The molecule has 0 aromatic carbocycles. The molecule has 166 valence electrons. The summed E-state index contributed by atoms with van der Waals surface area (Å²) in [5, 5.41) is 4.49. The van der Waals surface area contributed by atoms with E-state index in [0.29, 0.717) is 33.7 Å². The van der Waals surface area contributed by atoms with E-state index in [9.17, 15) is 9.59 Å². The minimum absolute atomic E-state index is 0.140. The van der Waals surface area contributed by atoms with Crippen molar-refractivity contribution >= 4 is 34.1 Å². The number of ether oxygens (including phenoxy) is 1. The van der Waals surface area contributed by atoms with E-state index in [1.165, 1.54) is 10.5 Å². The summed E-state index contributed by atoms with van der Waals surface area (Å²) in [5.41, 5.74) is 4.21. The number of thiophene rings is 1. The molecule has 8 nitrogen and oxygen atoms in total. The average Bonchev–Trinajstić information content (AvgIpc) is 3.33. The van der Waals surface area contributed by atoms with Crippen molar-refractivity contribution in [2.24, 2.45) is 0 Å². The molecule has 9 heteroatoms. The highest BCUT2D eigenvalue weighted by Crippen LogP contribution is 2.33. The minimum Gasteiger partial charge on any atom is -0.456 e. The molecule has 0 saturated carbocycles. The topological polar surface area (TPSA) is 99.6 Å². The number of esters is 1. The molecule has 0 unspecified atom stereocenters. The van der Waals surface area contributed by atoms with Crippen LogP contribution in [-0.4, -0.2) is 25.5 Å². The van der Waals surface area contributed by atoms with Crippen LogP contribution in [0.15, 0.2) is 45.8 Å². The smallest absolute Gasteiger partial charge is 0.339 e. The highest BCUT2D eigenvalue weighted by atomic mass is 32.1. The highest BCUT2D eigenvalue weighted by molar-refractivity contribution is 7.12. The van der Waals surface area contributed by atoms with Crippen LogP contribution in [-0.2, 0) is 11.3 Å². The Balaban J connectivity index is 1.51. The highest BCUT2D eigenvalue weighted by Gasteiger charge is 2.22. The summed E-state index contributed by atoms with van der Waals surface area (Å²) in [6.07, 6.45) is 1.66. The molecule has 0 aliphatic rings. The summed E-state index contributed by atoms with van der Waals surface area (Å²) < 4.78 is 12.4. The Morgan fingerprint density at radius 1 is 1.15 bits per heavy atom. The molecule has 0 radical (unpaired) electrons. The molecule has 0 N–H and O–H groups in total. The van der Waals surface area contributed by atoms with E-state index in [0.717, 1.165) is 20.9 Å². The van der Waals surface area contributed by atoms with E-state index < -0.39 is 5.97 Å². The second kappa shape index (κ2) is 7.93. The van der Waals surface area contributed by atoms with Gasteiger partial charge >= 0.3 is 5.97 Å². The number of carbonyl (C=O) groups is 1. The zero-order valence-corrected chi connectivity index (χ0v) is 19.3. The van der Waals surface area contributed by atoms with Gasteiger partial charge < -0.3 is 9.26 Å². The molecule has 0 atom stereocenters. The van der Waals surface area contributed by atoms with Gasteiger partial charge in [-0.25, -0.2) is 14.8 Å². The number of rotatable bonds is 4. The molecule has 5 rings (SSSR count). The van der Waals surface area contributed by atoms with Gasteiger partial charge in [-0.2, -0.15) is 0 Å². The third-order valence-corrected chi connectivity index (χ3v) is 6.41. The monoisotopic (exact) mass is 460 g/mol. The van der Waals surface area contributed by atoms with Crippen LogP contribution < -0.4 is 5.56 Å². The molecule has 0 saturated heterocycles. The molecule has 0 aliphatic heterocycles. The number of aromatic nitrogens is 4. The van der Waals surface area contributed by atoms with Crippen LogP contribution in [0.3, 0.4) is 0 Å². The summed E-state index contributed by atoms with van der Waals surface area (Å²) in [4.78, 5) is 36.9. The van der Waals surface area contributed by atoms with E-state index in [2.05, 4.69) is 15.1 Å². The summed E-state index contributed by atoms with van der Waals surface area (Å²) in [6, 6.07) is 8.76. The Bertz CT molecular complexity index is 1610. The molecule has 5 heterocycles. The zero-order valence-electron chi connectivity index (χ0n) is 18.5. The number of hydrogen-bond acceptors (Lipinski definition) is 8. The molecule has 0 amide bonds. The number of fused-ring (bicyclic) bond motifs is 2. The first-order chi connectivity index (χ1) is 15.8. The van der Waals surface area contributed by atoms with Crippen molar-refractivity contribution in [1.82, 2.24) is 19.5 Å². The van der Waals surface area contributed by atoms with E-state index in [-0.39, 0.29) is 17.9 Å². The van der Waals surface area contributed by atoms with Gasteiger partial charge in [0.1, 0.15) is 12.3 Å². The lowest BCUT2D eigenvalue weighted by Gasteiger charge is -2.09. The maximum absolute atomic E-state index is 13.1. The first kappa shape index (κ1) is 21.0. The molecular weight excluding hydrogens is 440 g/mol. The van der Waals surface area contributed by atoms with E-state index in [1.54, 1.807) is 36.6 Å². The number of nitrogens with zero attached hydrogens (tertiary/aromatic N) is 4. The first-order valence-electron chi connectivity index (χ1n) is 10.3. The number of aryl methyl sites for hydroxylation is 4. The molecule has 0 fully saturated rings. The molecule has 33 heavy (non-hydrogen) atoms. The lowest BCUT2D eigenvalue weighted by Crippen LogP contribution is -2.17. The van der Waals surface area contributed by atoms with Gasteiger partial charge in [-0.05, 0) is 51.5 Å². The number of carbonyl (C=O) groups excluding carboxylic acids is 1. The third-order valence-electron chi connectivity index (χ3n) is 5.44. The van der Waals surface area contributed by atoms with Gasteiger partial charge in [-0.1, -0.05) is 11.2 Å². The van der Waals surface area contributed by atoms with E-state index in [4.69, 9.17) is 9.26 Å². The maximum Gasteiger partial charge on any atom is 0.339 e. The standard InChI is InChI=1S/C24H20N4O4S/c1-12-6-5-7-28-20(29)9-16(25-22(12)28)11-31-24(30)18-10-19(17-8-13(2)33-15(17)4)26-23-21(18)14(3)27-32-23/h5-10H,11H2,1-4H3. The molecule has 5 aromatic heterocycles. The summed E-state index contributed by atoms with van der Waals surface area (Å²) in [6.45, 7) is 7.51. The largest absolute Gasteiger partial charge is 0.456 e. The van der Waals surface area contributed by atoms with Crippen molar-refractivity contribution in [3.63, 3.8) is 0 Å². The van der Waals surface area contributed by atoms with Crippen LogP contribution in [0.4, 0.5) is 0 Å². The van der Waals surface area contributed by atoms with Gasteiger partial charge in [0.05, 0.1) is 28.0 Å². The van der Waals surface area contributed by atoms with E-state index >= 15 is 0 Å². The molecular formula is C24H20N4O4S. The Hall–Kier alpha value is -3.85. The minimum atomic E-state index is -0.564. The van der Waals surface area contributed by atoms with Crippen molar-refractivity contribution in [2.45, 2.75) is 34.3 Å². The van der Waals surface area contributed by atoms with Gasteiger partial charge in [0.15, 0.2) is 0 Å². The Morgan fingerprint density at radius 2 is 1.97 bits per heavy atom. The fourth-order valence-corrected chi connectivity index (χ4v) is 4.81. The lowest BCUT2D eigenvalue weighted by atomic mass is 10.1. The van der Waals surface area contributed by atoms with Gasteiger partial charge in [0.2, 0.25) is 0 Å². The van der Waals surface area contributed by atoms with Crippen molar-refractivity contribution in [3.8, 4) is 11.3 Å². The van der Waals surface area contributed by atoms with E-state index in [1.807, 2.05) is 32.9 Å². The lowest BCUT2D eigenvalue weighted by molar-refractivity contribution is 0.0470. The SMILES string of the molecule is Cc1cc(-c2cc(C(=O)OCc3cc(=O)n4cccc(C)c4n3)c3c(C)noc3n2)c(C)s1. The first-order valence-corrected chi connectivity index (χ1v) is 11.1. The summed E-state index contributed by atoms with van der Waals surface area (Å²) in [5.74, 6) is -0.564. The normalized spacial score (nSPS) is 11.4. The third kappa shape index (κ3) is 3.70. The fraction of sp³-hybridized carbons (Fsp3) is 0.208. The Morgan fingerprint density at radius 3 is 2.73 bits per heavy atom. The number of pyridine rings is 2. The Labute approximate surface area is 192 Å². The van der Waals surface area contributed by atoms with Crippen LogP contribution >= 0.6 is 11.3 Å². The van der Waals surface area contributed by atoms with Crippen molar-refractivity contribution in [3.05, 3.63) is 79.2 Å². The van der Waals surface area contributed by atoms with Gasteiger partial charge in [0.25, 0.3) is 11.3 Å². The van der Waals surface area contributed by atoms with Crippen molar-refractivity contribution in [2.75, 3.05) is 0 Å². The average molecular weight is 461 g/mol. The fourth-order valence-electron chi connectivity index (χ4n) is 3.88. The second-order valence-corrected chi connectivity index (χ2v) is 9.34. The summed E-state index contributed by atoms with van der Waals surface area (Å²) in [7, 11) is 0. The van der Waals surface area contributed by atoms with Crippen LogP contribution in [0.2, 0.25) is 0 Å². The van der Waals surface area contributed by atoms with Gasteiger partial charge in [0, 0.05) is 27.6 Å². The Kier molecular flexibility index (Phi) is 5.05. The summed E-state index contributed by atoms with van der Waals surface area (Å²) >= 11 is 1.66. The zero-order chi connectivity index (χ0) is 23.3. The van der Waals surface area contributed by atoms with Crippen LogP contribution in [0.1, 0.15) is 37.1 Å². The molecule has 0 spiro atoms. The number of hydrogen-bond donors (Lipinski definition) is 0. The van der Waals surface area contributed by atoms with Crippen LogP contribution in [0.25, 0.3) is 28.0 Å². The molecule has 5 aromatic rings. The molecule has 0 bridgehead atoms. The predicted octanol–water partition coefficient (Wildman–Crippen LogP) is 4.55. The molecule has 0 aliphatic carbocycles.